The van der Waals surface area contributed by atoms with Crippen molar-refractivity contribution in [3.8, 4) is 0 Å². The quantitative estimate of drug-likeness (QED) is 0.793. The Bertz CT molecular complexity index is 544. The number of nitrogens with zero attached hydrogens (tertiary/aromatic N) is 1. The Labute approximate surface area is 114 Å². The van der Waals surface area contributed by atoms with Crippen LogP contribution in [0.2, 0.25) is 0 Å². The fraction of sp³-hybridized carbons (Fsp3) is 0.529. The third-order valence-electron chi connectivity index (χ3n) is 5.56. The number of ketones is 1. The van der Waals surface area contributed by atoms with E-state index in [0.29, 0.717) is 18.2 Å². The Morgan fingerprint density at radius 1 is 1.21 bits per heavy atom. The largest absolute Gasteiger partial charge is 0.292 e. The van der Waals surface area contributed by atoms with Crippen molar-refractivity contribution >= 4 is 11.5 Å². The highest BCUT2D eigenvalue weighted by Gasteiger charge is 2.64. The van der Waals surface area contributed by atoms with Crippen molar-refractivity contribution in [1.82, 2.24) is 0 Å². The molecule has 2 nitrogen and oxygen atoms in total. The minimum Gasteiger partial charge on any atom is -0.292 e. The lowest BCUT2D eigenvalue weighted by Crippen LogP contribution is -2.33. The Morgan fingerprint density at radius 3 is 2.47 bits per heavy atom. The van der Waals surface area contributed by atoms with Gasteiger partial charge in [-0.15, -0.1) is 0 Å². The Morgan fingerprint density at radius 2 is 1.89 bits per heavy atom. The zero-order valence-electron chi connectivity index (χ0n) is 11.9. The van der Waals surface area contributed by atoms with E-state index in [-0.39, 0.29) is 10.8 Å². The van der Waals surface area contributed by atoms with Gasteiger partial charge in [0.25, 0.3) is 0 Å². The van der Waals surface area contributed by atoms with E-state index in [1.807, 2.05) is 18.2 Å². The maximum Gasteiger partial charge on any atom is 0.183 e. The van der Waals surface area contributed by atoms with Gasteiger partial charge in [0.15, 0.2) is 5.78 Å². The minimum absolute atomic E-state index is 0.0691. The van der Waals surface area contributed by atoms with Crippen LogP contribution in [0, 0.1) is 16.7 Å². The van der Waals surface area contributed by atoms with Gasteiger partial charge in [-0.3, -0.25) is 9.79 Å². The lowest BCUT2D eigenvalue weighted by atomic mass is 9.70. The third kappa shape index (κ3) is 1.62. The van der Waals surface area contributed by atoms with Gasteiger partial charge in [-0.2, -0.15) is 0 Å². The molecule has 0 amide bonds. The molecule has 0 radical (unpaired) electrons. The van der Waals surface area contributed by atoms with Crippen molar-refractivity contribution in [2.45, 2.75) is 40.2 Å². The number of aliphatic imine (C=N–C) groups is 1. The second-order valence-corrected chi connectivity index (χ2v) is 6.66. The average molecular weight is 255 g/mol. The molecular weight excluding hydrogens is 234 g/mol. The van der Waals surface area contributed by atoms with Gasteiger partial charge in [-0.25, -0.2) is 0 Å². The highest BCUT2D eigenvalue weighted by molar-refractivity contribution is 6.45. The van der Waals surface area contributed by atoms with Crippen LogP contribution in [0.1, 0.15) is 39.2 Å². The van der Waals surface area contributed by atoms with E-state index in [9.17, 15) is 4.79 Å². The van der Waals surface area contributed by atoms with E-state index in [0.717, 1.165) is 18.6 Å². The molecule has 0 saturated heterocycles. The molecule has 2 heteroatoms. The maximum absolute atomic E-state index is 12.6. The molecule has 2 aliphatic carbocycles. The summed E-state index contributed by atoms with van der Waals surface area (Å²) < 4.78 is 0. The number of Topliss-reactive ketones (excluding diaryl/α,β-unsaturated/α-hetero) is 1. The standard InChI is InChI=1S/C17H21NO/c1-16(2)13-9-10-17(16,3)15(19)14(13)18-11-12-7-5-4-6-8-12/h4-8,13H,9-11H2,1-3H3/t13-,17+/m1/s1. The fourth-order valence-electron chi connectivity index (χ4n) is 3.77. The lowest BCUT2D eigenvalue weighted by molar-refractivity contribution is -0.123. The van der Waals surface area contributed by atoms with Crippen LogP contribution in [0.15, 0.2) is 35.3 Å². The second-order valence-electron chi connectivity index (χ2n) is 6.66. The van der Waals surface area contributed by atoms with E-state index in [2.05, 4.69) is 37.9 Å². The summed E-state index contributed by atoms with van der Waals surface area (Å²) >= 11 is 0. The molecule has 0 heterocycles. The van der Waals surface area contributed by atoms with Crippen molar-refractivity contribution in [1.29, 1.82) is 0 Å². The fourth-order valence-corrected chi connectivity index (χ4v) is 3.77. The topological polar surface area (TPSA) is 29.4 Å². The van der Waals surface area contributed by atoms with Gasteiger partial charge >= 0.3 is 0 Å². The van der Waals surface area contributed by atoms with Gasteiger partial charge in [0, 0.05) is 11.3 Å². The Kier molecular flexibility index (Phi) is 2.67. The molecule has 19 heavy (non-hydrogen) atoms. The van der Waals surface area contributed by atoms with Gasteiger partial charge in [-0.05, 0) is 23.8 Å². The first-order chi connectivity index (χ1) is 8.97. The summed E-state index contributed by atoms with van der Waals surface area (Å²) in [5.74, 6) is 0.651. The summed E-state index contributed by atoms with van der Waals surface area (Å²) in [6, 6.07) is 10.2. The molecule has 1 aromatic rings. The molecule has 2 atom stereocenters. The van der Waals surface area contributed by atoms with Crippen LogP contribution in [0.4, 0.5) is 0 Å². The van der Waals surface area contributed by atoms with E-state index in [1.54, 1.807) is 0 Å². The summed E-state index contributed by atoms with van der Waals surface area (Å²) in [7, 11) is 0. The zero-order chi connectivity index (χ0) is 13.7. The Balaban J connectivity index is 1.89. The molecule has 2 fully saturated rings. The number of benzene rings is 1. The molecule has 100 valence electrons. The number of hydrogen-bond acceptors (Lipinski definition) is 2. The van der Waals surface area contributed by atoms with E-state index >= 15 is 0 Å². The average Bonchev–Trinajstić information content (AvgIpc) is 2.70. The SMILES string of the molecule is CC1(C)[C@@H]2CC[C@@]1(C)C(=O)C2=NCc1ccccc1. The summed E-state index contributed by atoms with van der Waals surface area (Å²) in [6.45, 7) is 7.21. The second kappa shape index (κ2) is 4.03. The molecule has 0 spiro atoms. The molecule has 3 rings (SSSR count). The minimum atomic E-state index is -0.187. The van der Waals surface area contributed by atoms with Gasteiger partial charge in [-0.1, -0.05) is 51.1 Å². The van der Waals surface area contributed by atoms with Crippen molar-refractivity contribution in [2.24, 2.45) is 21.7 Å². The summed E-state index contributed by atoms with van der Waals surface area (Å²) in [5, 5.41) is 0. The molecule has 1 aromatic carbocycles. The van der Waals surface area contributed by atoms with Crippen LogP contribution >= 0.6 is 0 Å². The van der Waals surface area contributed by atoms with Crippen molar-refractivity contribution in [3.05, 3.63) is 35.9 Å². The van der Waals surface area contributed by atoms with Crippen LogP contribution in [0.3, 0.4) is 0 Å². The van der Waals surface area contributed by atoms with Crippen LogP contribution in [-0.4, -0.2) is 11.5 Å². The smallest absolute Gasteiger partial charge is 0.183 e. The van der Waals surface area contributed by atoms with Gasteiger partial charge < -0.3 is 0 Å². The lowest BCUT2D eigenvalue weighted by Gasteiger charge is -2.31. The first kappa shape index (κ1) is 12.6. The van der Waals surface area contributed by atoms with Crippen LogP contribution in [-0.2, 0) is 11.3 Å². The summed E-state index contributed by atoms with van der Waals surface area (Å²) in [4.78, 5) is 17.3. The van der Waals surface area contributed by atoms with Gasteiger partial charge in [0.05, 0.1) is 12.3 Å². The summed E-state index contributed by atoms with van der Waals surface area (Å²) in [5.41, 5.74) is 1.91. The summed E-state index contributed by atoms with van der Waals surface area (Å²) in [6.07, 6.45) is 2.14. The van der Waals surface area contributed by atoms with Crippen LogP contribution in [0.25, 0.3) is 0 Å². The number of carbonyl (C=O) groups excluding carboxylic acids is 1. The number of fused-ring (bicyclic) bond motifs is 2. The van der Waals surface area contributed by atoms with Crippen molar-refractivity contribution in [3.63, 3.8) is 0 Å². The highest BCUT2D eigenvalue weighted by Crippen LogP contribution is 2.62. The Hall–Kier alpha value is -1.44. The number of rotatable bonds is 2. The first-order valence-electron chi connectivity index (χ1n) is 7.10. The molecule has 2 bridgehead atoms. The molecular formula is C17H21NO. The molecule has 2 saturated carbocycles. The molecule has 0 N–H and O–H groups in total. The van der Waals surface area contributed by atoms with Gasteiger partial charge in [0.2, 0.25) is 0 Å². The molecule has 0 unspecified atom stereocenters. The van der Waals surface area contributed by atoms with Gasteiger partial charge in [0.1, 0.15) is 0 Å². The maximum atomic E-state index is 12.6. The monoisotopic (exact) mass is 255 g/mol. The van der Waals surface area contributed by atoms with Crippen LogP contribution < -0.4 is 0 Å². The first-order valence-corrected chi connectivity index (χ1v) is 7.10. The van der Waals surface area contributed by atoms with Crippen LogP contribution in [0.5, 0.6) is 0 Å². The van der Waals surface area contributed by atoms with Crippen molar-refractivity contribution < 1.29 is 4.79 Å². The highest BCUT2D eigenvalue weighted by atomic mass is 16.1. The third-order valence-corrected chi connectivity index (χ3v) is 5.56. The van der Waals surface area contributed by atoms with E-state index in [4.69, 9.17) is 0 Å². The van der Waals surface area contributed by atoms with E-state index in [1.165, 1.54) is 5.56 Å². The predicted octanol–water partition coefficient (Wildman–Crippen LogP) is 3.65. The zero-order valence-corrected chi connectivity index (χ0v) is 11.9. The molecule has 0 aliphatic heterocycles. The van der Waals surface area contributed by atoms with Crippen molar-refractivity contribution in [2.75, 3.05) is 0 Å². The predicted molar refractivity (Wildman–Crippen MR) is 77.2 cm³/mol. The number of carbonyl (C=O) groups is 1. The number of hydrogen-bond donors (Lipinski definition) is 0. The molecule has 0 aromatic heterocycles. The normalized spacial score (nSPS) is 34.2. The van der Waals surface area contributed by atoms with E-state index < -0.39 is 0 Å². The molecule has 2 aliphatic rings.